The molecule has 0 aliphatic rings. The topological polar surface area (TPSA) is 64.9 Å². The molecule has 0 saturated heterocycles. The normalized spacial score (nSPS) is 11.0. The van der Waals surface area contributed by atoms with Gasteiger partial charge in [0.2, 0.25) is 0 Å². The molecule has 0 aromatic heterocycles. The smallest absolute Gasteiger partial charge is 0.264 e. The van der Waals surface area contributed by atoms with E-state index in [1.807, 2.05) is 91.0 Å². The van der Waals surface area contributed by atoms with Crippen LogP contribution in [0, 0.1) is 11.3 Å². The number of halogens is 1. The van der Waals surface area contributed by atoms with Gasteiger partial charge in [0.15, 0.2) is 0 Å². The molecule has 4 nitrogen and oxygen atoms in total. The highest BCUT2D eigenvalue weighted by molar-refractivity contribution is 9.10. The molecule has 2 N–H and O–H groups in total. The number of nitriles is 1. The fourth-order valence-electron chi connectivity index (χ4n) is 3.05. The zero-order valence-electron chi connectivity index (χ0n) is 16.4. The van der Waals surface area contributed by atoms with E-state index in [0.717, 1.165) is 22.0 Å². The van der Waals surface area contributed by atoms with E-state index in [0.29, 0.717) is 6.54 Å². The summed E-state index contributed by atoms with van der Waals surface area (Å²) in [6.07, 6.45) is 2.28. The van der Waals surface area contributed by atoms with Crippen LogP contribution in [0.2, 0.25) is 0 Å². The maximum absolute atomic E-state index is 12.8. The molecule has 5 heteroatoms. The molecule has 1 amide bonds. The van der Waals surface area contributed by atoms with E-state index in [1.165, 1.54) is 11.8 Å². The zero-order valence-corrected chi connectivity index (χ0v) is 18.0. The molecule has 0 saturated carbocycles. The number of rotatable bonds is 8. The molecule has 0 bridgehead atoms. The van der Waals surface area contributed by atoms with Gasteiger partial charge >= 0.3 is 0 Å². The Morgan fingerprint density at radius 2 is 1.50 bits per heavy atom. The predicted molar refractivity (Wildman–Crippen MR) is 122 cm³/mol. The standard InChI is InChI=1S/C25H22BrN3O/c26-23-13-11-19(12-14-23)15-16-28-18-22(17-27)25(30)29-24(20-7-3-1-4-8-20)21-9-5-2-6-10-21/h1-14,18,24,28H,15-16H2,(H,29,30)/b22-18-. The van der Waals surface area contributed by atoms with E-state index in [1.54, 1.807) is 0 Å². The Hall–Kier alpha value is -3.36. The monoisotopic (exact) mass is 459 g/mol. The van der Waals surface area contributed by atoms with E-state index < -0.39 is 5.91 Å². The van der Waals surface area contributed by atoms with Gasteiger partial charge in [0.25, 0.3) is 5.91 Å². The third-order valence-electron chi connectivity index (χ3n) is 4.62. The van der Waals surface area contributed by atoms with Crippen LogP contribution in [0.4, 0.5) is 0 Å². The first-order chi connectivity index (χ1) is 14.7. The highest BCUT2D eigenvalue weighted by Crippen LogP contribution is 2.22. The van der Waals surface area contributed by atoms with Crippen LogP contribution in [-0.2, 0) is 11.2 Å². The highest BCUT2D eigenvalue weighted by atomic mass is 79.9. The first kappa shape index (κ1) is 21.4. The lowest BCUT2D eigenvalue weighted by Gasteiger charge is -2.19. The summed E-state index contributed by atoms with van der Waals surface area (Å²) in [5.74, 6) is -0.411. The largest absolute Gasteiger partial charge is 0.389 e. The van der Waals surface area contributed by atoms with Gasteiger partial charge in [-0.05, 0) is 35.2 Å². The lowest BCUT2D eigenvalue weighted by molar-refractivity contribution is -0.117. The Morgan fingerprint density at radius 3 is 2.03 bits per heavy atom. The molecule has 0 radical (unpaired) electrons. The molecule has 3 aromatic carbocycles. The molecule has 0 aliphatic carbocycles. The number of nitrogens with one attached hydrogen (secondary N) is 2. The second-order valence-corrected chi connectivity index (χ2v) is 7.64. The van der Waals surface area contributed by atoms with Gasteiger partial charge in [0.05, 0.1) is 6.04 Å². The summed E-state index contributed by atoms with van der Waals surface area (Å²) in [4.78, 5) is 12.8. The average Bonchev–Trinajstić information content (AvgIpc) is 2.79. The second kappa shape index (κ2) is 11.0. The van der Waals surface area contributed by atoms with Gasteiger partial charge < -0.3 is 10.6 Å². The van der Waals surface area contributed by atoms with Crippen LogP contribution in [-0.4, -0.2) is 12.5 Å². The van der Waals surface area contributed by atoms with Gasteiger partial charge in [-0.2, -0.15) is 5.26 Å². The van der Waals surface area contributed by atoms with Crippen molar-refractivity contribution in [1.82, 2.24) is 10.6 Å². The minimum atomic E-state index is -0.411. The predicted octanol–water partition coefficient (Wildman–Crippen LogP) is 4.89. The maximum Gasteiger partial charge on any atom is 0.264 e. The van der Waals surface area contributed by atoms with Gasteiger partial charge in [0, 0.05) is 17.2 Å². The first-order valence-corrected chi connectivity index (χ1v) is 10.5. The van der Waals surface area contributed by atoms with Crippen molar-refractivity contribution in [3.05, 3.63) is 118 Å². The van der Waals surface area contributed by atoms with Crippen molar-refractivity contribution < 1.29 is 4.79 Å². The van der Waals surface area contributed by atoms with Crippen molar-refractivity contribution in [2.24, 2.45) is 0 Å². The van der Waals surface area contributed by atoms with Crippen LogP contribution in [0.15, 0.2) is 101 Å². The number of benzene rings is 3. The van der Waals surface area contributed by atoms with Gasteiger partial charge in [-0.15, -0.1) is 0 Å². The van der Waals surface area contributed by atoms with Crippen LogP contribution in [0.5, 0.6) is 0 Å². The van der Waals surface area contributed by atoms with Crippen molar-refractivity contribution in [2.45, 2.75) is 12.5 Å². The highest BCUT2D eigenvalue weighted by Gasteiger charge is 2.19. The summed E-state index contributed by atoms with van der Waals surface area (Å²) >= 11 is 3.42. The van der Waals surface area contributed by atoms with Gasteiger partial charge in [-0.25, -0.2) is 0 Å². The Kier molecular flexibility index (Phi) is 7.82. The molecular formula is C25H22BrN3O. The van der Waals surface area contributed by atoms with Crippen molar-refractivity contribution in [1.29, 1.82) is 5.26 Å². The average molecular weight is 460 g/mol. The molecule has 0 atom stereocenters. The van der Waals surface area contributed by atoms with Crippen molar-refractivity contribution in [2.75, 3.05) is 6.54 Å². The van der Waals surface area contributed by atoms with E-state index in [2.05, 4.69) is 26.6 Å². The summed E-state index contributed by atoms with van der Waals surface area (Å²) in [5.41, 5.74) is 3.13. The third-order valence-corrected chi connectivity index (χ3v) is 5.15. The van der Waals surface area contributed by atoms with Crippen molar-refractivity contribution in [3.63, 3.8) is 0 Å². The maximum atomic E-state index is 12.8. The van der Waals surface area contributed by atoms with Crippen LogP contribution < -0.4 is 10.6 Å². The van der Waals surface area contributed by atoms with E-state index >= 15 is 0 Å². The van der Waals surface area contributed by atoms with E-state index in [9.17, 15) is 10.1 Å². The molecule has 0 aliphatic heterocycles. The minimum absolute atomic E-state index is 0.0441. The number of nitrogens with zero attached hydrogens (tertiary/aromatic N) is 1. The van der Waals surface area contributed by atoms with Gasteiger partial charge in [-0.1, -0.05) is 88.7 Å². The quantitative estimate of drug-likeness (QED) is 0.286. The van der Waals surface area contributed by atoms with Gasteiger partial charge in [0.1, 0.15) is 11.6 Å². The molecule has 3 rings (SSSR count). The number of hydrogen-bond donors (Lipinski definition) is 2. The van der Waals surface area contributed by atoms with Crippen LogP contribution in [0.25, 0.3) is 0 Å². The van der Waals surface area contributed by atoms with Crippen molar-refractivity contribution in [3.8, 4) is 6.07 Å². The molecule has 0 heterocycles. The Morgan fingerprint density at radius 1 is 0.933 bits per heavy atom. The molecule has 0 fully saturated rings. The molecular weight excluding hydrogens is 438 g/mol. The SMILES string of the molecule is N#C/C(=C/NCCc1ccc(Br)cc1)C(=O)NC(c1ccccc1)c1ccccc1. The molecule has 0 unspecified atom stereocenters. The first-order valence-electron chi connectivity index (χ1n) is 9.66. The van der Waals surface area contributed by atoms with Gasteiger partial charge in [-0.3, -0.25) is 4.79 Å². The molecule has 3 aromatic rings. The number of carbonyl (C=O) groups is 1. The van der Waals surface area contributed by atoms with Crippen LogP contribution >= 0.6 is 15.9 Å². The summed E-state index contributed by atoms with van der Waals surface area (Å²) in [7, 11) is 0. The minimum Gasteiger partial charge on any atom is -0.389 e. The number of hydrogen-bond acceptors (Lipinski definition) is 3. The Labute approximate surface area is 185 Å². The summed E-state index contributed by atoms with van der Waals surface area (Å²) in [6, 6.07) is 29.2. The van der Waals surface area contributed by atoms with Crippen molar-refractivity contribution >= 4 is 21.8 Å². The number of carbonyl (C=O) groups excluding carboxylic acids is 1. The van der Waals surface area contributed by atoms with Crippen LogP contribution in [0.1, 0.15) is 22.7 Å². The molecule has 30 heavy (non-hydrogen) atoms. The zero-order chi connectivity index (χ0) is 21.2. The lowest BCUT2D eigenvalue weighted by Crippen LogP contribution is -2.31. The lowest BCUT2D eigenvalue weighted by atomic mass is 9.98. The summed E-state index contributed by atoms with van der Waals surface area (Å²) in [5, 5.41) is 15.5. The Balaban J connectivity index is 1.66. The molecule has 0 spiro atoms. The fraction of sp³-hybridized carbons (Fsp3) is 0.120. The van der Waals surface area contributed by atoms with Crippen LogP contribution in [0.3, 0.4) is 0 Å². The second-order valence-electron chi connectivity index (χ2n) is 6.73. The van der Waals surface area contributed by atoms with E-state index in [-0.39, 0.29) is 11.6 Å². The fourth-order valence-corrected chi connectivity index (χ4v) is 3.31. The number of amides is 1. The molecule has 150 valence electrons. The summed E-state index contributed by atoms with van der Waals surface area (Å²) in [6.45, 7) is 0.626. The summed E-state index contributed by atoms with van der Waals surface area (Å²) < 4.78 is 1.04. The third kappa shape index (κ3) is 6.07. The Bertz CT molecular complexity index is 986. The van der Waals surface area contributed by atoms with E-state index in [4.69, 9.17) is 0 Å².